The molecule has 2 fully saturated rings. The Morgan fingerprint density at radius 1 is 1.18 bits per heavy atom. The summed E-state index contributed by atoms with van der Waals surface area (Å²) in [5.74, 6) is -0.925. The molecule has 33 heavy (non-hydrogen) atoms. The molecule has 1 aliphatic carbocycles. The molecule has 9 heteroatoms. The second kappa shape index (κ2) is 8.72. The Kier molecular flexibility index (Phi) is 5.76. The molecule has 1 aromatic carbocycles. The van der Waals surface area contributed by atoms with E-state index in [0.29, 0.717) is 14.9 Å². The van der Waals surface area contributed by atoms with Crippen LogP contribution in [0.3, 0.4) is 0 Å². The zero-order valence-electron chi connectivity index (χ0n) is 17.8. The molecule has 0 atom stereocenters. The molecule has 3 heterocycles. The SMILES string of the molecule is Cc1cccn2c(=O)c(/C=C3/SC(=S)N(C4CCCC4)C3=O)c(Oc3ccccc3F)nc12. The van der Waals surface area contributed by atoms with E-state index >= 15 is 0 Å². The minimum atomic E-state index is -0.581. The predicted molar refractivity (Wildman–Crippen MR) is 130 cm³/mol. The van der Waals surface area contributed by atoms with Gasteiger partial charge in [0, 0.05) is 12.2 Å². The van der Waals surface area contributed by atoms with Gasteiger partial charge in [-0.3, -0.25) is 18.9 Å². The maximum absolute atomic E-state index is 14.3. The smallest absolute Gasteiger partial charge is 0.269 e. The molecule has 1 saturated heterocycles. The number of aromatic nitrogens is 2. The van der Waals surface area contributed by atoms with Crippen LogP contribution in [0.1, 0.15) is 36.8 Å². The van der Waals surface area contributed by atoms with Gasteiger partial charge in [-0.05, 0) is 49.6 Å². The predicted octanol–water partition coefficient (Wildman–Crippen LogP) is 5.08. The van der Waals surface area contributed by atoms with Crippen LogP contribution in [-0.4, -0.2) is 30.6 Å². The number of hydrogen-bond acceptors (Lipinski definition) is 6. The van der Waals surface area contributed by atoms with Crippen molar-refractivity contribution in [3.05, 3.63) is 74.8 Å². The molecule has 0 bridgehead atoms. The van der Waals surface area contributed by atoms with Crippen LogP contribution in [0.4, 0.5) is 4.39 Å². The summed E-state index contributed by atoms with van der Waals surface area (Å²) in [5, 5.41) is 0. The largest absolute Gasteiger partial charge is 0.435 e. The number of benzene rings is 1. The molecule has 0 unspecified atom stereocenters. The molecule has 1 saturated carbocycles. The molecule has 1 aliphatic heterocycles. The van der Waals surface area contributed by atoms with Crippen LogP contribution in [0.25, 0.3) is 11.7 Å². The molecular formula is C24H20FN3O3S2. The van der Waals surface area contributed by atoms with Gasteiger partial charge in [0.15, 0.2) is 11.6 Å². The van der Waals surface area contributed by atoms with Crippen molar-refractivity contribution in [2.45, 2.75) is 38.6 Å². The van der Waals surface area contributed by atoms with E-state index < -0.39 is 11.4 Å². The lowest BCUT2D eigenvalue weighted by atomic mass is 10.2. The molecular weight excluding hydrogens is 461 g/mol. The Morgan fingerprint density at radius 2 is 1.94 bits per heavy atom. The van der Waals surface area contributed by atoms with Gasteiger partial charge >= 0.3 is 0 Å². The zero-order chi connectivity index (χ0) is 23.1. The summed E-state index contributed by atoms with van der Waals surface area (Å²) in [6, 6.07) is 9.55. The third-order valence-corrected chi connectivity index (χ3v) is 7.21. The number of amides is 1. The van der Waals surface area contributed by atoms with Crippen molar-refractivity contribution < 1.29 is 13.9 Å². The monoisotopic (exact) mass is 481 g/mol. The number of thioether (sulfide) groups is 1. The van der Waals surface area contributed by atoms with Gasteiger partial charge in [0.25, 0.3) is 11.5 Å². The summed E-state index contributed by atoms with van der Waals surface area (Å²) in [5.41, 5.74) is 0.797. The number of halogens is 1. The van der Waals surface area contributed by atoms with Crippen molar-refractivity contribution in [3.8, 4) is 11.6 Å². The standard InChI is InChI=1S/C24H20FN3O3S2/c1-14-7-6-12-27-20(14)26-21(31-18-11-5-4-10-17(18)25)16(22(27)29)13-19-23(30)28(24(32)33-19)15-8-2-3-9-15/h4-7,10-13,15H,2-3,8-9H2,1H3/b19-13+. The number of hydrogen-bond donors (Lipinski definition) is 0. The lowest BCUT2D eigenvalue weighted by molar-refractivity contribution is -0.123. The van der Waals surface area contributed by atoms with Crippen LogP contribution in [0, 0.1) is 12.7 Å². The van der Waals surface area contributed by atoms with E-state index in [4.69, 9.17) is 17.0 Å². The van der Waals surface area contributed by atoms with Crippen molar-refractivity contribution in [3.63, 3.8) is 0 Å². The molecule has 0 radical (unpaired) electrons. The molecule has 2 aliphatic rings. The Balaban J connectivity index is 1.64. The lowest BCUT2D eigenvalue weighted by Crippen LogP contribution is -2.36. The number of aryl methyl sites for hydroxylation is 1. The number of carbonyl (C=O) groups is 1. The van der Waals surface area contributed by atoms with Gasteiger partial charge < -0.3 is 4.74 Å². The quantitative estimate of drug-likeness (QED) is 0.383. The first-order valence-corrected chi connectivity index (χ1v) is 11.9. The number of carbonyl (C=O) groups excluding carboxylic acids is 1. The summed E-state index contributed by atoms with van der Waals surface area (Å²) < 4.78 is 22.0. The Labute approximate surface area is 199 Å². The molecule has 5 rings (SSSR count). The van der Waals surface area contributed by atoms with Crippen molar-refractivity contribution in [2.24, 2.45) is 0 Å². The van der Waals surface area contributed by atoms with Crippen molar-refractivity contribution in [1.29, 1.82) is 0 Å². The van der Waals surface area contributed by atoms with Gasteiger partial charge in [0.05, 0.1) is 4.91 Å². The van der Waals surface area contributed by atoms with Crippen molar-refractivity contribution in [2.75, 3.05) is 0 Å². The van der Waals surface area contributed by atoms with Crippen molar-refractivity contribution >= 4 is 45.9 Å². The number of pyridine rings is 1. The first kappa shape index (κ1) is 21.8. The highest BCUT2D eigenvalue weighted by Gasteiger charge is 2.38. The Bertz CT molecular complexity index is 1380. The highest BCUT2D eigenvalue weighted by molar-refractivity contribution is 8.26. The first-order chi connectivity index (χ1) is 15.9. The highest BCUT2D eigenvalue weighted by Crippen LogP contribution is 2.38. The van der Waals surface area contributed by atoms with E-state index in [1.807, 2.05) is 13.0 Å². The summed E-state index contributed by atoms with van der Waals surface area (Å²) in [4.78, 5) is 33.1. The maximum Gasteiger partial charge on any atom is 0.269 e. The topological polar surface area (TPSA) is 63.9 Å². The molecule has 168 valence electrons. The van der Waals surface area contributed by atoms with E-state index in [1.54, 1.807) is 29.3 Å². The highest BCUT2D eigenvalue weighted by atomic mass is 32.2. The van der Waals surface area contributed by atoms with Crippen LogP contribution < -0.4 is 10.3 Å². The van der Waals surface area contributed by atoms with Crippen LogP contribution in [0.5, 0.6) is 11.6 Å². The van der Waals surface area contributed by atoms with E-state index in [-0.39, 0.29) is 29.1 Å². The summed E-state index contributed by atoms with van der Waals surface area (Å²) >= 11 is 6.64. The van der Waals surface area contributed by atoms with Crippen molar-refractivity contribution in [1.82, 2.24) is 14.3 Å². The number of rotatable bonds is 4. The van der Waals surface area contributed by atoms with Gasteiger partial charge in [-0.15, -0.1) is 0 Å². The van der Waals surface area contributed by atoms with Crippen LogP contribution in [-0.2, 0) is 4.79 Å². The number of thiocarbonyl (C=S) groups is 1. The number of nitrogens with zero attached hydrogens (tertiary/aromatic N) is 3. The fraction of sp³-hybridized carbons (Fsp3) is 0.250. The van der Waals surface area contributed by atoms with E-state index in [2.05, 4.69) is 4.98 Å². The number of para-hydroxylation sites is 1. The molecule has 0 N–H and O–H groups in total. The number of fused-ring (bicyclic) bond motifs is 1. The lowest BCUT2D eigenvalue weighted by Gasteiger charge is -2.21. The van der Waals surface area contributed by atoms with Crippen LogP contribution in [0.2, 0.25) is 0 Å². The molecule has 3 aromatic rings. The fourth-order valence-electron chi connectivity index (χ4n) is 4.21. The first-order valence-electron chi connectivity index (χ1n) is 10.7. The minimum Gasteiger partial charge on any atom is -0.435 e. The van der Waals surface area contributed by atoms with Crippen LogP contribution in [0.15, 0.2) is 52.3 Å². The molecule has 0 spiro atoms. The van der Waals surface area contributed by atoms with Gasteiger partial charge in [-0.25, -0.2) is 4.39 Å². The second-order valence-corrected chi connectivity index (χ2v) is 9.72. The maximum atomic E-state index is 14.3. The Morgan fingerprint density at radius 3 is 2.70 bits per heavy atom. The summed E-state index contributed by atoms with van der Waals surface area (Å²) in [6.45, 7) is 1.82. The number of ether oxygens (including phenoxy) is 1. The van der Waals surface area contributed by atoms with E-state index in [9.17, 15) is 14.0 Å². The van der Waals surface area contributed by atoms with Gasteiger partial charge in [-0.1, -0.05) is 55.0 Å². The van der Waals surface area contributed by atoms with Gasteiger partial charge in [-0.2, -0.15) is 4.98 Å². The minimum absolute atomic E-state index is 0.0597. The average molecular weight is 482 g/mol. The summed E-state index contributed by atoms with van der Waals surface area (Å²) in [6.07, 6.45) is 7.04. The molecule has 1 amide bonds. The third-order valence-electron chi connectivity index (χ3n) is 5.88. The van der Waals surface area contributed by atoms with Crippen LogP contribution >= 0.6 is 24.0 Å². The average Bonchev–Trinajstić information content (AvgIpc) is 3.41. The fourth-order valence-corrected chi connectivity index (χ4v) is 5.60. The normalized spacial score (nSPS) is 18.1. The van der Waals surface area contributed by atoms with Gasteiger partial charge in [0.1, 0.15) is 15.5 Å². The third kappa shape index (κ3) is 3.95. The zero-order valence-corrected chi connectivity index (χ0v) is 19.4. The van der Waals surface area contributed by atoms with Gasteiger partial charge in [0.2, 0.25) is 5.88 Å². The second-order valence-electron chi connectivity index (χ2n) is 8.04. The molecule has 2 aromatic heterocycles. The Hall–Kier alpha value is -3.04. The van der Waals surface area contributed by atoms with E-state index in [0.717, 1.165) is 43.0 Å². The van der Waals surface area contributed by atoms with E-state index in [1.165, 1.54) is 22.6 Å². The summed E-state index contributed by atoms with van der Waals surface area (Å²) in [7, 11) is 0. The molecule has 6 nitrogen and oxygen atoms in total.